The smallest absolute Gasteiger partial charge is 0.407 e. The number of aromatic nitrogens is 1. The lowest BCUT2D eigenvalue weighted by Crippen LogP contribution is -2.41. The molecule has 0 atom stereocenters. The molecule has 1 aromatic rings. The molecule has 6 nitrogen and oxygen atoms in total. The Morgan fingerprint density at radius 3 is 2.61 bits per heavy atom. The molecule has 0 bridgehead atoms. The van der Waals surface area contributed by atoms with Crippen molar-refractivity contribution in [2.45, 2.75) is 39.2 Å². The summed E-state index contributed by atoms with van der Waals surface area (Å²) in [5.41, 5.74) is 0.199. The summed E-state index contributed by atoms with van der Waals surface area (Å²) < 4.78 is 5.24. The van der Waals surface area contributed by atoms with Crippen LogP contribution in [0.1, 0.15) is 44.1 Å². The molecule has 1 fully saturated rings. The van der Waals surface area contributed by atoms with E-state index in [4.69, 9.17) is 4.74 Å². The molecule has 2 N–H and O–H groups in total. The minimum Gasteiger partial charge on any atom is -0.444 e. The number of rotatable bonds is 5. The standard InChI is InChI=1S/C17H27N3O3/c1-17(2,3)23-16(22)19-11-13-6-9-20(10-7-13)12-15(21)14-5-4-8-18-14/h4-5,8,13,18H,6-7,9-12H2,1-3H3,(H,19,22). The second kappa shape index (κ2) is 7.64. The topological polar surface area (TPSA) is 74.4 Å². The Labute approximate surface area is 137 Å². The van der Waals surface area contributed by atoms with Gasteiger partial charge in [0.05, 0.1) is 12.2 Å². The molecule has 2 rings (SSSR count). The third-order valence-electron chi connectivity index (χ3n) is 3.91. The van der Waals surface area contributed by atoms with Crippen LogP contribution in [-0.2, 0) is 4.74 Å². The first-order valence-corrected chi connectivity index (χ1v) is 8.19. The highest BCUT2D eigenvalue weighted by Crippen LogP contribution is 2.17. The van der Waals surface area contributed by atoms with Crippen LogP contribution in [0.2, 0.25) is 0 Å². The lowest BCUT2D eigenvalue weighted by Gasteiger charge is -2.31. The zero-order valence-electron chi connectivity index (χ0n) is 14.2. The zero-order chi connectivity index (χ0) is 16.9. The normalized spacial score (nSPS) is 17.0. The maximum atomic E-state index is 12.1. The second-order valence-corrected chi connectivity index (χ2v) is 7.11. The van der Waals surface area contributed by atoms with Crippen molar-refractivity contribution < 1.29 is 14.3 Å². The van der Waals surface area contributed by atoms with E-state index < -0.39 is 5.60 Å². The minimum atomic E-state index is -0.467. The molecule has 0 radical (unpaired) electrons. The molecule has 1 aromatic heterocycles. The summed E-state index contributed by atoms with van der Waals surface area (Å²) in [5.74, 6) is 0.569. The van der Waals surface area contributed by atoms with E-state index in [-0.39, 0.29) is 11.9 Å². The molecule has 1 aliphatic rings. The molecule has 23 heavy (non-hydrogen) atoms. The highest BCUT2D eigenvalue weighted by atomic mass is 16.6. The third-order valence-corrected chi connectivity index (χ3v) is 3.91. The van der Waals surface area contributed by atoms with Gasteiger partial charge < -0.3 is 15.0 Å². The van der Waals surface area contributed by atoms with Crippen LogP contribution in [0.25, 0.3) is 0 Å². The van der Waals surface area contributed by atoms with E-state index in [0.717, 1.165) is 25.9 Å². The highest BCUT2D eigenvalue weighted by Gasteiger charge is 2.23. The Kier molecular flexibility index (Phi) is 5.82. The fourth-order valence-corrected chi connectivity index (χ4v) is 2.68. The summed E-state index contributed by atoms with van der Waals surface area (Å²) in [6.07, 6.45) is 3.37. The number of ether oxygens (including phenoxy) is 1. The Bertz CT molecular complexity index is 512. The average molecular weight is 321 g/mol. The van der Waals surface area contributed by atoms with Crippen molar-refractivity contribution >= 4 is 11.9 Å². The number of likely N-dealkylation sites (tertiary alicyclic amines) is 1. The van der Waals surface area contributed by atoms with Crippen molar-refractivity contribution in [1.82, 2.24) is 15.2 Å². The van der Waals surface area contributed by atoms with Gasteiger partial charge in [-0.1, -0.05) is 0 Å². The largest absolute Gasteiger partial charge is 0.444 e. The molecular formula is C17H27N3O3. The number of nitrogens with one attached hydrogen (secondary N) is 2. The number of H-pyrrole nitrogens is 1. The lowest BCUT2D eigenvalue weighted by atomic mass is 9.96. The van der Waals surface area contributed by atoms with Crippen molar-refractivity contribution in [1.29, 1.82) is 0 Å². The fourth-order valence-electron chi connectivity index (χ4n) is 2.68. The van der Waals surface area contributed by atoms with Gasteiger partial charge in [0.15, 0.2) is 5.78 Å². The van der Waals surface area contributed by atoms with E-state index in [1.807, 2.05) is 26.8 Å². The van der Waals surface area contributed by atoms with Crippen molar-refractivity contribution in [2.75, 3.05) is 26.2 Å². The van der Waals surface area contributed by atoms with Gasteiger partial charge in [-0.2, -0.15) is 0 Å². The Morgan fingerprint density at radius 1 is 1.35 bits per heavy atom. The van der Waals surface area contributed by atoms with Crippen molar-refractivity contribution in [2.24, 2.45) is 5.92 Å². The summed E-state index contributed by atoms with van der Waals surface area (Å²) in [6, 6.07) is 3.64. The molecule has 6 heteroatoms. The summed E-state index contributed by atoms with van der Waals surface area (Å²) in [7, 11) is 0. The lowest BCUT2D eigenvalue weighted by molar-refractivity contribution is 0.0510. The molecule has 128 valence electrons. The van der Waals surface area contributed by atoms with Crippen molar-refractivity contribution in [3.05, 3.63) is 24.0 Å². The number of aromatic amines is 1. The van der Waals surface area contributed by atoms with Gasteiger partial charge in [0, 0.05) is 12.7 Å². The maximum absolute atomic E-state index is 12.1. The average Bonchev–Trinajstić information content (AvgIpc) is 2.99. The van der Waals surface area contributed by atoms with Crippen LogP contribution in [0.4, 0.5) is 4.79 Å². The number of carbonyl (C=O) groups excluding carboxylic acids is 2. The number of nitrogens with zero attached hydrogens (tertiary/aromatic N) is 1. The van der Waals surface area contributed by atoms with Gasteiger partial charge in [-0.05, 0) is 64.8 Å². The number of piperidine rings is 1. The van der Waals surface area contributed by atoms with Crippen LogP contribution in [0.3, 0.4) is 0 Å². The molecule has 0 saturated carbocycles. The number of hydrogen-bond acceptors (Lipinski definition) is 4. The Balaban J connectivity index is 1.66. The second-order valence-electron chi connectivity index (χ2n) is 7.11. The number of Topliss-reactive ketones (excluding diaryl/α,β-unsaturated/α-hetero) is 1. The molecule has 0 aromatic carbocycles. The van der Waals surface area contributed by atoms with Crippen molar-refractivity contribution in [3.63, 3.8) is 0 Å². The zero-order valence-corrected chi connectivity index (χ0v) is 14.2. The van der Waals surface area contributed by atoms with Crippen molar-refractivity contribution in [3.8, 4) is 0 Å². The predicted molar refractivity (Wildman–Crippen MR) is 88.5 cm³/mol. The number of alkyl carbamates (subject to hydrolysis) is 1. The quantitative estimate of drug-likeness (QED) is 0.817. The van der Waals surface area contributed by atoms with Crippen LogP contribution >= 0.6 is 0 Å². The maximum Gasteiger partial charge on any atom is 0.407 e. The molecule has 0 spiro atoms. The van der Waals surface area contributed by atoms with Crippen LogP contribution < -0.4 is 5.32 Å². The van der Waals surface area contributed by atoms with Gasteiger partial charge in [0.25, 0.3) is 0 Å². The predicted octanol–water partition coefficient (Wildman–Crippen LogP) is 2.43. The molecule has 1 amide bonds. The van der Waals surface area contributed by atoms with E-state index in [0.29, 0.717) is 24.7 Å². The molecular weight excluding hydrogens is 294 g/mol. The van der Waals surface area contributed by atoms with Crippen LogP contribution in [-0.4, -0.2) is 53.5 Å². The Morgan fingerprint density at radius 2 is 2.04 bits per heavy atom. The summed E-state index contributed by atoms with van der Waals surface area (Å²) in [4.78, 5) is 28.8. The minimum absolute atomic E-state index is 0.125. The number of hydrogen-bond donors (Lipinski definition) is 2. The molecule has 0 aliphatic carbocycles. The van der Waals surface area contributed by atoms with E-state index in [2.05, 4.69) is 15.2 Å². The molecule has 2 heterocycles. The number of carbonyl (C=O) groups is 2. The van der Waals surface area contributed by atoms with E-state index in [9.17, 15) is 9.59 Å². The molecule has 1 saturated heterocycles. The van der Waals surface area contributed by atoms with Gasteiger partial charge in [0.1, 0.15) is 5.60 Å². The first-order valence-electron chi connectivity index (χ1n) is 8.19. The Hall–Kier alpha value is -1.82. The monoisotopic (exact) mass is 321 g/mol. The van der Waals surface area contributed by atoms with Gasteiger partial charge in [-0.25, -0.2) is 4.79 Å². The van der Waals surface area contributed by atoms with Gasteiger partial charge in [0.2, 0.25) is 0 Å². The highest BCUT2D eigenvalue weighted by molar-refractivity contribution is 5.95. The van der Waals surface area contributed by atoms with Crippen LogP contribution in [0.5, 0.6) is 0 Å². The van der Waals surface area contributed by atoms with Crippen LogP contribution in [0.15, 0.2) is 18.3 Å². The number of amides is 1. The fraction of sp³-hybridized carbons (Fsp3) is 0.647. The summed E-state index contributed by atoms with van der Waals surface area (Å²) in [5, 5.41) is 2.84. The third kappa shape index (κ3) is 6.06. The van der Waals surface area contributed by atoms with E-state index >= 15 is 0 Å². The van der Waals surface area contributed by atoms with E-state index in [1.165, 1.54) is 0 Å². The first kappa shape index (κ1) is 17.5. The number of ketones is 1. The first-order chi connectivity index (χ1) is 10.8. The van der Waals surface area contributed by atoms with Gasteiger partial charge >= 0.3 is 6.09 Å². The van der Waals surface area contributed by atoms with E-state index in [1.54, 1.807) is 12.3 Å². The SMILES string of the molecule is CC(C)(C)OC(=O)NCC1CCN(CC(=O)c2ccc[nH]2)CC1. The molecule has 0 unspecified atom stereocenters. The van der Waals surface area contributed by atoms with Crippen LogP contribution in [0, 0.1) is 5.92 Å². The summed E-state index contributed by atoms with van der Waals surface area (Å²) in [6.45, 7) is 8.41. The molecule has 1 aliphatic heterocycles. The van der Waals surface area contributed by atoms with Gasteiger partial charge in [-0.15, -0.1) is 0 Å². The summed E-state index contributed by atoms with van der Waals surface area (Å²) >= 11 is 0. The van der Waals surface area contributed by atoms with Gasteiger partial charge in [-0.3, -0.25) is 9.69 Å².